The predicted molar refractivity (Wildman–Crippen MR) is 220 cm³/mol. The molecule has 10 rings (SSSR count). The molecule has 2 nitrogen and oxygen atoms in total. The number of rotatable bonds is 6. The van der Waals surface area contributed by atoms with E-state index in [0.29, 0.717) is 0 Å². The molecule has 0 N–H and O–H groups in total. The fourth-order valence-corrected chi connectivity index (χ4v) is 7.54. The first-order valence-corrected chi connectivity index (χ1v) is 17.7. The van der Waals surface area contributed by atoms with Gasteiger partial charge in [0.05, 0.1) is 0 Å². The summed E-state index contributed by atoms with van der Waals surface area (Å²) in [5.41, 5.74) is 12.2. The summed E-state index contributed by atoms with van der Waals surface area (Å²) in [5, 5.41) is 7.12. The summed E-state index contributed by atoms with van der Waals surface area (Å²) in [6.07, 6.45) is 0. The second-order valence-corrected chi connectivity index (χ2v) is 13.4. The number of furan rings is 1. The number of hydrogen-bond donors (Lipinski definition) is 0. The van der Waals surface area contributed by atoms with E-state index in [1.807, 2.05) is 12.1 Å². The van der Waals surface area contributed by atoms with Gasteiger partial charge < -0.3 is 9.32 Å². The van der Waals surface area contributed by atoms with Crippen molar-refractivity contribution in [1.29, 1.82) is 0 Å². The standard InChI is InChI=1S/C50H33NO/c1-3-10-34(11-4-1)36-14-9-15-44(31-36)51(46-26-27-48-47-16-7-8-17-49(47)52-50(48)33-46)45-25-24-42-30-41(22-23-43(42)32-45)40-21-20-38-28-37(18-19-39(38)29-40)35-12-5-2-6-13-35/h1-33H. The van der Waals surface area contributed by atoms with Gasteiger partial charge in [-0.25, -0.2) is 0 Å². The van der Waals surface area contributed by atoms with Crippen LogP contribution in [0.5, 0.6) is 0 Å². The molecule has 0 aliphatic heterocycles. The molecule has 0 radical (unpaired) electrons. The van der Waals surface area contributed by atoms with Gasteiger partial charge in [0.2, 0.25) is 0 Å². The largest absolute Gasteiger partial charge is 0.456 e. The molecule has 0 unspecified atom stereocenters. The number of para-hydroxylation sites is 1. The molecule has 0 spiro atoms. The van der Waals surface area contributed by atoms with Crippen LogP contribution in [0.15, 0.2) is 205 Å². The molecule has 9 aromatic carbocycles. The van der Waals surface area contributed by atoms with Crippen LogP contribution in [0.2, 0.25) is 0 Å². The van der Waals surface area contributed by atoms with Gasteiger partial charge in [-0.05, 0) is 116 Å². The predicted octanol–water partition coefficient (Wildman–Crippen LogP) is 14.4. The Kier molecular flexibility index (Phi) is 7.18. The van der Waals surface area contributed by atoms with E-state index >= 15 is 0 Å². The van der Waals surface area contributed by atoms with Gasteiger partial charge in [-0.3, -0.25) is 0 Å². The van der Waals surface area contributed by atoms with E-state index in [1.54, 1.807) is 0 Å². The van der Waals surface area contributed by atoms with Crippen molar-refractivity contribution in [1.82, 2.24) is 0 Å². The normalized spacial score (nSPS) is 11.5. The molecule has 0 fully saturated rings. The minimum Gasteiger partial charge on any atom is -0.456 e. The molecule has 2 heteroatoms. The third kappa shape index (κ3) is 5.39. The summed E-state index contributed by atoms with van der Waals surface area (Å²) in [5.74, 6) is 0. The Morgan fingerprint density at radius 1 is 0.269 bits per heavy atom. The van der Waals surface area contributed by atoms with E-state index < -0.39 is 0 Å². The molecule has 0 atom stereocenters. The molecular weight excluding hydrogens is 631 g/mol. The topological polar surface area (TPSA) is 16.4 Å². The van der Waals surface area contributed by atoms with Crippen molar-refractivity contribution in [3.8, 4) is 33.4 Å². The van der Waals surface area contributed by atoms with Gasteiger partial charge in [-0.15, -0.1) is 0 Å². The first kappa shape index (κ1) is 30.0. The highest BCUT2D eigenvalue weighted by molar-refractivity contribution is 6.06. The van der Waals surface area contributed by atoms with Crippen molar-refractivity contribution in [2.75, 3.05) is 4.90 Å². The van der Waals surface area contributed by atoms with Crippen LogP contribution in [-0.2, 0) is 0 Å². The van der Waals surface area contributed by atoms with Crippen molar-refractivity contribution in [3.63, 3.8) is 0 Å². The molecule has 0 bridgehead atoms. The van der Waals surface area contributed by atoms with E-state index in [4.69, 9.17) is 4.42 Å². The molecule has 0 amide bonds. The van der Waals surface area contributed by atoms with Gasteiger partial charge in [0.25, 0.3) is 0 Å². The number of fused-ring (bicyclic) bond motifs is 5. The third-order valence-corrected chi connectivity index (χ3v) is 10.2. The number of anilines is 3. The molecule has 52 heavy (non-hydrogen) atoms. The van der Waals surface area contributed by atoms with Gasteiger partial charge in [-0.2, -0.15) is 0 Å². The Bertz CT molecular complexity index is 2910. The molecule has 0 aliphatic carbocycles. The molecule has 0 saturated carbocycles. The van der Waals surface area contributed by atoms with Crippen molar-refractivity contribution < 1.29 is 4.42 Å². The molecular formula is C50H33NO. The highest BCUT2D eigenvalue weighted by atomic mass is 16.3. The first-order valence-electron chi connectivity index (χ1n) is 17.7. The zero-order valence-electron chi connectivity index (χ0n) is 28.4. The zero-order chi connectivity index (χ0) is 34.4. The molecule has 1 aromatic heterocycles. The summed E-state index contributed by atoms with van der Waals surface area (Å²) < 4.78 is 6.36. The highest BCUT2D eigenvalue weighted by Crippen LogP contribution is 2.41. The van der Waals surface area contributed by atoms with E-state index in [-0.39, 0.29) is 0 Å². The summed E-state index contributed by atoms with van der Waals surface area (Å²) >= 11 is 0. The number of benzene rings is 9. The van der Waals surface area contributed by atoms with Crippen LogP contribution in [0.4, 0.5) is 17.1 Å². The average Bonchev–Trinajstić information content (AvgIpc) is 3.59. The van der Waals surface area contributed by atoms with Crippen LogP contribution in [0.25, 0.3) is 76.9 Å². The monoisotopic (exact) mass is 663 g/mol. The smallest absolute Gasteiger partial charge is 0.137 e. The molecule has 244 valence electrons. The van der Waals surface area contributed by atoms with E-state index in [2.05, 4.69) is 193 Å². The second-order valence-electron chi connectivity index (χ2n) is 13.4. The third-order valence-electron chi connectivity index (χ3n) is 10.2. The molecule has 10 aromatic rings. The van der Waals surface area contributed by atoms with Crippen molar-refractivity contribution in [2.45, 2.75) is 0 Å². The van der Waals surface area contributed by atoms with Gasteiger partial charge in [0.1, 0.15) is 11.2 Å². The van der Waals surface area contributed by atoms with Crippen LogP contribution in [0.1, 0.15) is 0 Å². The highest BCUT2D eigenvalue weighted by Gasteiger charge is 2.17. The molecule has 0 aliphatic rings. The minimum atomic E-state index is 0.875. The van der Waals surface area contributed by atoms with Crippen LogP contribution < -0.4 is 4.90 Å². The van der Waals surface area contributed by atoms with Gasteiger partial charge >= 0.3 is 0 Å². The summed E-state index contributed by atoms with van der Waals surface area (Å²) in [7, 11) is 0. The maximum atomic E-state index is 6.36. The first-order chi connectivity index (χ1) is 25.7. The Labute approximate surface area is 302 Å². The lowest BCUT2D eigenvalue weighted by Gasteiger charge is -2.26. The van der Waals surface area contributed by atoms with Gasteiger partial charge in [0, 0.05) is 33.9 Å². The molecule has 1 heterocycles. The van der Waals surface area contributed by atoms with Crippen molar-refractivity contribution >= 4 is 60.5 Å². The average molecular weight is 664 g/mol. The Morgan fingerprint density at radius 3 is 1.40 bits per heavy atom. The van der Waals surface area contributed by atoms with E-state index in [0.717, 1.165) is 39.0 Å². The quantitative estimate of drug-likeness (QED) is 0.176. The lowest BCUT2D eigenvalue weighted by Crippen LogP contribution is -2.10. The lowest BCUT2D eigenvalue weighted by atomic mass is 9.96. The number of hydrogen-bond acceptors (Lipinski definition) is 2. The van der Waals surface area contributed by atoms with Crippen LogP contribution in [0.3, 0.4) is 0 Å². The van der Waals surface area contributed by atoms with Gasteiger partial charge in [0.15, 0.2) is 0 Å². The van der Waals surface area contributed by atoms with Crippen molar-refractivity contribution in [3.05, 3.63) is 200 Å². The Hall–Kier alpha value is -6.90. The lowest BCUT2D eigenvalue weighted by molar-refractivity contribution is 0.669. The minimum absolute atomic E-state index is 0.875. The van der Waals surface area contributed by atoms with Crippen LogP contribution >= 0.6 is 0 Å². The van der Waals surface area contributed by atoms with Crippen LogP contribution in [-0.4, -0.2) is 0 Å². The van der Waals surface area contributed by atoms with E-state index in [9.17, 15) is 0 Å². The Balaban J connectivity index is 1.05. The maximum Gasteiger partial charge on any atom is 0.137 e. The SMILES string of the molecule is c1ccc(-c2cccc(N(c3ccc4cc(-c5ccc6cc(-c7ccccc7)ccc6c5)ccc4c3)c3ccc4c(c3)oc3ccccc34)c2)cc1. The van der Waals surface area contributed by atoms with E-state index in [1.165, 1.54) is 54.9 Å². The Morgan fingerprint density at radius 2 is 0.731 bits per heavy atom. The molecule has 0 saturated heterocycles. The van der Waals surface area contributed by atoms with Crippen LogP contribution in [0, 0.1) is 0 Å². The summed E-state index contributed by atoms with van der Waals surface area (Å²) in [6.45, 7) is 0. The fourth-order valence-electron chi connectivity index (χ4n) is 7.54. The fraction of sp³-hybridized carbons (Fsp3) is 0. The van der Waals surface area contributed by atoms with Crippen molar-refractivity contribution in [2.24, 2.45) is 0 Å². The number of nitrogens with zero attached hydrogens (tertiary/aromatic N) is 1. The maximum absolute atomic E-state index is 6.36. The zero-order valence-corrected chi connectivity index (χ0v) is 28.4. The second kappa shape index (κ2) is 12.5. The summed E-state index contributed by atoms with van der Waals surface area (Å²) in [4.78, 5) is 2.33. The van der Waals surface area contributed by atoms with Gasteiger partial charge in [-0.1, -0.05) is 133 Å². The summed E-state index contributed by atoms with van der Waals surface area (Å²) in [6, 6.07) is 71.8.